The molecule has 3 aliphatic rings. The van der Waals surface area contributed by atoms with Crippen LogP contribution < -0.4 is 20.4 Å². The van der Waals surface area contributed by atoms with Crippen LogP contribution in [0, 0.1) is 5.41 Å². The maximum atomic E-state index is 12.7. The van der Waals surface area contributed by atoms with E-state index in [0.717, 1.165) is 56.5 Å². The van der Waals surface area contributed by atoms with Crippen molar-refractivity contribution in [3.8, 4) is 0 Å². The molecule has 0 radical (unpaired) electrons. The van der Waals surface area contributed by atoms with Crippen LogP contribution in [0.4, 0.5) is 17.3 Å². The molecule has 8 nitrogen and oxygen atoms in total. The largest absolute Gasteiger partial charge is 0.373 e. The number of benzene rings is 1. The fraction of sp³-hybridized carbons (Fsp3) is 0.519. The van der Waals surface area contributed by atoms with E-state index in [-0.39, 0.29) is 11.4 Å². The summed E-state index contributed by atoms with van der Waals surface area (Å²) in [5.41, 5.74) is 2.54. The number of anilines is 3. The number of rotatable bonds is 5. The first-order valence-electron chi connectivity index (χ1n) is 12.7. The Bertz CT molecular complexity index is 1070. The summed E-state index contributed by atoms with van der Waals surface area (Å²) in [5, 5.41) is 6.31. The molecule has 186 valence electrons. The van der Waals surface area contributed by atoms with E-state index in [0.29, 0.717) is 12.0 Å². The van der Waals surface area contributed by atoms with E-state index in [9.17, 15) is 4.79 Å². The second-order valence-electron chi connectivity index (χ2n) is 10.9. The number of piperidine rings is 1. The average molecular weight is 476 g/mol. The molecule has 8 heteroatoms. The zero-order valence-corrected chi connectivity index (χ0v) is 21.1. The number of hydrogen-bond donors (Lipinski definition) is 2. The van der Waals surface area contributed by atoms with E-state index in [2.05, 4.69) is 79.5 Å². The van der Waals surface area contributed by atoms with E-state index in [4.69, 9.17) is 0 Å². The molecular weight excluding hydrogens is 438 g/mol. The average Bonchev–Trinajstić information content (AvgIpc) is 2.86. The van der Waals surface area contributed by atoms with Gasteiger partial charge in [0.25, 0.3) is 0 Å². The van der Waals surface area contributed by atoms with Gasteiger partial charge in [-0.1, -0.05) is 26.0 Å². The number of amides is 1. The Balaban J connectivity index is 1.24. The van der Waals surface area contributed by atoms with Gasteiger partial charge in [0, 0.05) is 44.6 Å². The van der Waals surface area contributed by atoms with Crippen LogP contribution in [0.1, 0.15) is 38.7 Å². The Labute approximate surface area is 208 Å². The van der Waals surface area contributed by atoms with E-state index in [1.807, 2.05) is 19.3 Å². The molecule has 0 aliphatic carbocycles. The number of carbonyl (C=O) groups excluding carboxylic acids is 1. The predicted molar refractivity (Wildman–Crippen MR) is 141 cm³/mol. The molecule has 1 spiro atoms. The Morgan fingerprint density at radius 1 is 1.06 bits per heavy atom. The van der Waals surface area contributed by atoms with Crippen LogP contribution in [0.5, 0.6) is 0 Å². The maximum Gasteiger partial charge on any atom is 0.240 e. The highest BCUT2D eigenvalue weighted by atomic mass is 16.2. The molecule has 4 heterocycles. The van der Waals surface area contributed by atoms with E-state index >= 15 is 0 Å². The van der Waals surface area contributed by atoms with E-state index in [1.54, 1.807) is 6.33 Å². The van der Waals surface area contributed by atoms with Gasteiger partial charge in [0.2, 0.25) is 5.91 Å². The highest BCUT2D eigenvalue weighted by molar-refractivity contribution is 5.84. The van der Waals surface area contributed by atoms with Crippen molar-refractivity contribution in [3.63, 3.8) is 0 Å². The molecule has 1 atom stereocenters. The maximum absolute atomic E-state index is 12.7. The molecule has 35 heavy (non-hydrogen) atoms. The lowest BCUT2D eigenvalue weighted by Gasteiger charge is -2.45. The minimum absolute atomic E-state index is 0.0638. The van der Waals surface area contributed by atoms with Gasteiger partial charge >= 0.3 is 0 Å². The van der Waals surface area contributed by atoms with Gasteiger partial charge in [-0.3, -0.25) is 9.69 Å². The quantitative estimate of drug-likeness (QED) is 0.688. The molecule has 2 aromatic rings. The third kappa shape index (κ3) is 5.42. The highest BCUT2D eigenvalue weighted by Crippen LogP contribution is 2.31. The van der Waals surface area contributed by atoms with Gasteiger partial charge in [0.1, 0.15) is 18.0 Å². The van der Waals surface area contributed by atoms with Crippen LogP contribution in [-0.2, 0) is 11.3 Å². The Morgan fingerprint density at radius 2 is 1.83 bits per heavy atom. The number of hydrogen-bond acceptors (Lipinski definition) is 7. The lowest BCUT2D eigenvalue weighted by molar-refractivity contribution is -0.122. The molecule has 2 N–H and O–H groups in total. The fourth-order valence-electron chi connectivity index (χ4n) is 5.27. The first-order valence-corrected chi connectivity index (χ1v) is 12.7. The summed E-state index contributed by atoms with van der Waals surface area (Å²) in [4.78, 5) is 28.2. The molecule has 2 saturated heterocycles. The molecule has 0 saturated carbocycles. The number of carbonyl (C=O) groups is 1. The zero-order chi connectivity index (χ0) is 24.5. The summed E-state index contributed by atoms with van der Waals surface area (Å²) < 4.78 is 0. The van der Waals surface area contributed by atoms with Gasteiger partial charge in [-0.05, 0) is 61.5 Å². The summed E-state index contributed by atoms with van der Waals surface area (Å²) in [6.07, 6.45) is 9.06. The summed E-state index contributed by atoms with van der Waals surface area (Å²) >= 11 is 0. The van der Waals surface area contributed by atoms with Crippen LogP contribution in [0.3, 0.4) is 0 Å². The molecule has 1 aromatic carbocycles. The van der Waals surface area contributed by atoms with Crippen LogP contribution in [0.2, 0.25) is 0 Å². The van der Waals surface area contributed by atoms with Crippen LogP contribution >= 0.6 is 0 Å². The van der Waals surface area contributed by atoms with Crippen molar-refractivity contribution in [1.82, 2.24) is 20.2 Å². The van der Waals surface area contributed by atoms with Gasteiger partial charge < -0.3 is 20.4 Å². The van der Waals surface area contributed by atoms with E-state index < -0.39 is 0 Å². The van der Waals surface area contributed by atoms with Gasteiger partial charge in [-0.2, -0.15) is 0 Å². The third-order valence-corrected chi connectivity index (χ3v) is 7.69. The standard InChI is InChI=1S/C27H37N7O/c1-26(2)8-12-32(13-9-26)17-21-4-6-22(7-5-21)34-18-25(35)31-27(19-34)10-14-33(15-11-27)24-16-23(28-3)29-20-30-24/h4-7,10,14,16,20H,8-9,11-13,15,17-19H2,1-3H3,(H,31,35)(H,28,29,30)/t27-/m1/s1. The van der Waals surface area contributed by atoms with Crippen molar-refractivity contribution < 1.29 is 4.79 Å². The van der Waals surface area contributed by atoms with Crippen molar-refractivity contribution in [3.05, 3.63) is 54.5 Å². The zero-order valence-electron chi connectivity index (χ0n) is 21.1. The highest BCUT2D eigenvalue weighted by Gasteiger charge is 2.39. The van der Waals surface area contributed by atoms with Crippen molar-refractivity contribution in [2.24, 2.45) is 5.41 Å². The van der Waals surface area contributed by atoms with Crippen molar-refractivity contribution >= 4 is 23.2 Å². The Hall–Kier alpha value is -3.13. The minimum atomic E-state index is -0.371. The molecule has 1 amide bonds. The second-order valence-corrected chi connectivity index (χ2v) is 10.9. The Morgan fingerprint density at radius 3 is 2.51 bits per heavy atom. The third-order valence-electron chi connectivity index (χ3n) is 7.69. The fourth-order valence-corrected chi connectivity index (χ4v) is 5.27. The van der Waals surface area contributed by atoms with Crippen LogP contribution in [-0.4, -0.2) is 66.1 Å². The Kier molecular flexibility index (Phi) is 6.40. The van der Waals surface area contributed by atoms with Crippen molar-refractivity contribution in [1.29, 1.82) is 0 Å². The second kappa shape index (κ2) is 9.49. The molecule has 0 bridgehead atoms. The number of nitrogens with one attached hydrogen (secondary N) is 2. The predicted octanol–water partition coefficient (Wildman–Crippen LogP) is 3.24. The smallest absolute Gasteiger partial charge is 0.240 e. The van der Waals surface area contributed by atoms with E-state index in [1.165, 1.54) is 18.4 Å². The van der Waals surface area contributed by atoms with Gasteiger partial charge in [0.05, 0.1) is 12.1 Å². The molecule has 0 unspecified atom stereocenters. The lowest BCUT2D eigenvalue weighted by atomic mass is 9.82. The first kappa shape index (κ1) is 23.6. The number of likely N-dealkylation sites (tertiary alicyclic amines) is 1. The van der Waals surface area contributed by atoms with Crippen LogP contribution in [0.15, 0.2) is 48.9 Å². The topological polar surface area (TPSA) is 76.6 Å². The molecule has 1 aromatic heterocycles. The first-order chi connectivity index (χ1) is 16.8. The lowest BCUT2D eigenvalue weighted by Crippen LogP contribution is -2.64. The van der Waals surface area contributed by atoms with Gasteiger partial charge in [-0.15, -0.1) is 0 Å². The van der Waals surface area contributed by atoms with Crippen LogP contribution in [0.25, 0.3) is 0 Å². The van der Waals surface area contributed by atoms with Gasteiger partial charge in [0.15, 0.2) is 0 Å². The normalized spacial score (nSPS) is 24.5. The molecule has 3 aliphatic heterocycles. The minimum Gasteiger partial charge on any atom is -0.373 e. The molecule has 2 fully saturated rings. The summed E-state index contributed by atoms with van der Waals surface area (Å²) in [5.74, 6) is 1.70. The number of piperazine rings is 1. The number of aromatic nitrogens is 2. The monoisotopic (exact) mass is 475 g/mol. The summed E-state index contributed by atoms with van der Waals surface area (Å²) in [7, 11) is 1.85. The molecule has 5 rings (SSSR count). The summed E-state index contributed by atoms with van der Waals surface area (Å²) in [6, 6.07) is 10.7. The molecular formula is C27H37N7O. The summed E-state index contributed by atoms with van der Waals surface area (Å²) in [6.45, 7) is 9.99. The van der Waals surface area contributed by atoms with Gasteiger partial charge in [-0.25, -0.2) is 9.97 Å². The van der Waals surface area contributed by atoms with Crippen molar-refractivity contribution in [2.45, 2.75) is 45.2 Å². The SMILES string of the molecule is CNc1cc(N2C=C[C@@]3(CC2)CN(c2ccc(CN4CCC(C)(C)CC4)cc2)CC(=O)N3)ncn1. The number of nitrogens with zero attached hydrogens (tertiary/aromatic N) is 5. The van der Waals surface area contributed by atoms with Crippen molar-refractivity contribution in [2.75, 3.05) is 54.9 Å².